The van der Waals surface area contributed by atoms with E-state index in [9.17, 15) is 8.42 Å². The summed E-state index contributed by atoms with van der Waals surface area (Å²) in [6.45, 7) is 4.31. The molecule has 8 heteroatoms. The molecular weight excluding hydrogens is 439 g/mol. The van der Waals surface area contributed by atoms with Crippen LogP contribution in [0.1, 0.15) is 16.7 Å². The predicted octanol–water partition coefficient (Wildman–Crippen LogP) is 2.50. The van der Waals surface area contributed by atoms with Gasteiger partial charge < -0.3 is 11.1 Å². The Morgan fingerprint density at radius 2 is 1.83 bits per heavy atom. The summed E-state index contributed by atoms with van der Waals surface area (Å²) < 4.78 is 22.7. The van der Waals surface area contributed by atoms with Crippen molar-refractivity contribution in [2.45, 2.75) is 25.3 Å². The standard InChI is InChI=1S/C16H20N4O2S.HI/c1-11-6-7-14(8-12(11)2)20-16(17)19-10-13-4-3-5-15(9-13)23(18,21)22;/h3-9H,10H2,1-2H3,(H3,17,19,20)(H2,18,21,22);1H. The van der Waals surface area contributed by atoms with Crippen molar-refractivity contribution < 1.29 is 8.42 Å². The number of hydrogen-bond acceptors (Lipinski definition) is 3. The number of sulfonamides is 1. The molecule has 0 spiro atoms. The van der Waals surface area contributed by atoms with E-state index >= 15 is 0 Å². The van der Waals surface area contributed by atoms with Crippen molar-refractivity contribution in [3.05, 3.63) is 59.2 Å². The highest BCUT2D eigenvalue weighted by Crippen LogP contribution is 2.14. The number of nitrogens with one attached hydrogen (secondary N) is 1. The summed E-state index contributed by atoms with van der Waals surface area (Å²) in [5.74, 6) is 0.259. The highest BCUT2D eigenvalue weighted by atomic mass is 127. The van der Waals surface area contributed by atoms with Crippen LogP contribution in [0.5, 0.6) is 0 Å². The van der Waals surface area contributed by atoms with E-state index in [2.05, 4.69) is 10.3 Å². The lowest BCUT2D eigenvalue weighted by Crippen LogP contribution is -2.22. The van der Waals surface area contributed by atoms with Crippen LogP contribution in [0.15, 0.2) is 52.4 Å². The molecule has 0 fully saturated rings. The first kappa shape index (κ1) is 20.4. The Morgan fingerprint density at radius 1 is 1.12 bits per heavy atom. The van der Waals surface area contributed by atoms with Gasteiger partial charge in [0.05, 0.1) is 11.4 Å². The lowest BCUT2D eigenvalue weighted by molar-refractivity contribution is 0.597. The van der Waals surface area contributed by atoms with E-state index in [1.807, 2.05) is 32.0 Å². The molecule has 0 saturated heterocycles. The summed E-state index contributed by atoms with van der Waals surface area (Å²) in [6, 6.07) is 12.2. The fraction of sp³-hybridized carbons (Fsp3) is 0.188. The fourth-order valence-electron chi connectivity index (χ4n) is 2.00. The zero-order valence-electron chi connectivity index (χ0n) is 13.5. The zero-order chi connectivity index (χ0) is 17.0. The molecule has 2 aromatic carbocycles. The van der Waals surface area contributed by atoms with Crippen LogP contribution in [0.4, 0.5) is 5.69 Å². The first-order chi connectivity index (χ1) is 10.8. The van der Waals surface area contributed by atoms with Crippen LogP contribution in [0.2, 0.25) is 0 Å². The number of aryl methyl sites for hydroxylation is 2. The number of hydrogen-bond donors (Lipinski definition) is 3. The Labute approximate surface area is 159 Å². The summed E-state index contributed by atoms with van der Waals surface area (Å²) in [7, 11) is -3.72. The number of halogens is 1. The third kappa shape index (κ3) is 5.77. The number of nitrogens with zero attached hydrogens (tertiary/aromatic N) is 1. The second-order valence-electron chi connectivity index (χ2n) is 5.32. The molecule has 0 saturated carbocycles. The second-order valence-corrected chi connectivity index (χ2v) is 6.88. The number of benzene rings is 2. The van der Waals surface area contributed by atoms with Crippen molar-refractivity contribution >= 4 is 45.6 Å². The van der Waals surface area contributed by atoms with Gasteiger partial charge in [-0.25, -0.2) is 18.5 Å². The number of primary sulfonamides is 1. The number of nitrogens with two attached hydrogens (primary N) is 2. The topological polar surface area (TPSA) is 111 Å². The molecule has 5 N–H and O–H groups in total. The van der Waals surface area contributed by atoms with Gasteiger partial charge in [-0.3, -0.25) is 0 Å². The van der Waals surface area contributed by atoms with E-state index < -0.39 is 10.0 Å². The predicted molar refractivity (Wildman–Crippen MR) is 108 cm³/mol. The molecule has 0 aliphatic rings. The monoisotopic (exact) mass is 460 g/mol. The van der Waals surface area contributed by atoms with Gasteiger partial charge in [-0.2, -0.15) is 0 Å². The summed E-state index contributed by atoms with van der Waals surface area (Å²) in [5, 5.41) is 8.12. The van der Waals surface area contributed by atoms with E-state index in [1.165, 1.54) is 17.7 Å². The van der Waals surface area contributed by atoms with Crippen molar-refractivity contribution in [1.82, 2.24) is 0 Å². The molecule has 0 amide bonds. The molecule has 0 radical (unpaired) electrons. The van der Waals surface area contributed by atoms with E-state index in [0.29, 0.717) is 5.56 Å². The molecule has 0 aliphatic heterocycles. The largest absolute Gasteiger partial charge is 0.370 e. The van der Waals surface area contributed by atoms with Crippen LogP contribution >= 0.6 is 24.0 Å². The maximum atomic E-state index is 11.3. The number of guanidine groups is 1. The average molecular weight is 460 g/mol. The van der Waals surface area contributed by atoms with Gasteiger partial charge in [0.2, 0.25) is 10.0 Å². The molecule has 0 aliphatic carbocycles. The van der Waals surface area contributed by atoms with Gasteiger partial charge in [-0.05, 0) is 54.8 Å². The molecule has 2 rings (SSSR count). The number of anilines is 1. The van der Waals surface area contributed by atoms with Crippen molar-refractivity contribution in [2.24, 2.45) is 15.9 Å². The fourth-order valence-corrected chi connectivity index (χ4v) is 2.59. The summed E-state index contributed by atoms with van der Waals surface area (Å²) in [5.41, 5.74) is 9.78. The summed E-state index contributed by atoms with van der Waals surface area (Å²) in [4.78, 5) is 4.27. The average Bonchev–Trinajstić information content (AvgIpc) is 2.48. The Balaban J connectivity index is 0.00000288. The van der Waals surface area contributed by atoms with E-state index in [-0.39, 0.29) is 41.4 Å². The summed E-state index contributed by atoms with van der Waals surface area (Å²) >= 11 is 0. The lowest BCUT2D eigenvalue weighted by Gasteiger charge is -2.08. The zero-order valence-corrected chi connectivity index (χ0v) is 16.6. The molecule has 0 aromatic heterocycles. The molecule has 24 heavy (non-hydrogen) atoms. The van der Waals surface area contributed by atoms with Crippen LogP contribution < -0.4 is 16.2 Å². The maximum Gasteiger partial charge on any atom is 0.238 e. The summed E-state index contributed by atoms with van der Waals surface area (Å²) in [6.07, 6.45) is 0. The highest BCUT2D eigenvalue weighted by Gasteiger charge is 2.07. The van der Waals surface area contributed by atoms with Crippen molar-refractivity contribution in [2.75, 3.05) is 5.32 Å². The van der Waals surface area contributed by atoms with Crippen LogP contribution in [-0.4, -0.2) is 14.4 Å². The Hall–Kier alpha value is -1.65. The van der Waals surface area contributed by atoms with Gasteiger partial charge in [0, 0.05) is 5.69 Å². The highest BCUT2D eigenvalue weighted by molar-refractivity contribution is 14.0. The third-order valence-electron chi connectivity index (χ3n) is 3.44. The molecule has 6 nitrogen and oxygen atoms in total. The third-order valence-corrected chi connectivity index (χ3v) is 4.35. The van der Waals surface area contributed by atoms with Gasteiger partial charge in [0.15, 0.2) is 5.96 Å². The van der Waals surface area contributed by atoms with E-state index in [4.69, 9.17) is 10.9 Å². The maximum absolute atomic E-state index is 11.3. The first-order valence-corrected chi connectivity index (χ1v) is 8.56. The SMILES string of the molecule is Cc1ccc(NC(N)=NCc2cccc(S(N)(=O)=O)c2)cc1C.I. The van der Waals surface area contributed by atoms with Crippen molar-refractivity contribution in [3.8, 4) is 0 Å². The Bertz CT molecular complexity index is 851. The number of rotatable bonds is 4. The minimum absolute atomic E-state index is 0. The minimum Gasteiger partial charge on any atom is -0.370 e. The molecule has 0 bridgehead atoms. The van der Waals surface area contributed by atoms with Crippen LogP contribution in [0, 0.1) is 13.8 Å². The lowest BCUT2D eigenvalue weighted by atomic mass is 10.1. The van der Waals surface area contributed by atoms with Gasteiger partial charge in [0.1, 0.15) is 0 Å². The molecule has 0 atom stereocenters. The second kappa shape index (κ2) is 8.45. The number of aliphatic imine (C=N–C) groups is 1. The van der Waals surface area contributed by atoms with Gasteiger partial charge in [0.25, 0.3) is 0 Å². The van der Waals surface area contributed by atoms with Crippen LogP contribution in [-0.2, 0) is 16.6 Å². The normalized spacial score (nSPS) is 11.7. The van der Waals surface area contributed by atoms with Crippen molar-refractivity contribution in [3.63, 3.8) is 0 Å². The molecule has 0 unspecified atom stereocenters. The molecular formula is C16H21IN4O2S. The Morgan fingerprint density at radius 3 is 2.46 bits per heavy atom. The van der Waals surface area contributed by atoms with Gasteiger partial charge in [-0.15, -0.1) is 24.0 Å². The van der Waals surface area contributed by atoms with Crippen LogP contribution in [0.25, 0.3) is 0 Å². The quantitative estimate of drug-likeness (QED) is 0.370. The van der Waals surface area contributed by atoms with Gasteiger partial charge >= 0.3 is 0 Å². The first-order valence-electron chi connectivity index (χ1n) is 7.01. The van der Waals surface area contributed by atoms with E-state index in [1.54, 1.807) is 12.1 Å². The molecule has 0 heterocycles. The van der Waals surface area contributed by atoms with Crippen LogP contribution in [0.3, 0.4) is 0 Å². The van der Waals surface area contributed by atoms with Crippen molar-refractivity contribution in [1.29, 1.82) is 0 Å². The van der Waals surface area contributed by atoms with Gasteiger partial charge in [-0.1, -0.05) is 18.2 Å². The Kier molecular flexibility index (Phi) is 7.18. The smallest absolute Gasteiger partial charge is 0.238 e. The minimum atomic E-state index is -3.72. The molecule has 130 valence electrons. The van der Waals surface area contributed by atoms with E-state index in [0.717, 1.165) is 11.3 Å². The molecule has 2 aromatic rings.